The number of ether oxygens (including phenoxy) is 1. The monoisotopic (exact) mass is 382 g/mol. The molecule has 0 aliphatic carbocycles. The Morgan fingerprint density at radius 3 is 2.81 bits per heavy atom. The molecule has 2 aromatic carbocycles. The zero-order valence-corrected chi connectivity index (χ0v) is 15.0. The number of carbonyl (C=O) groups excluding carboxylic acids is 1. The van der Waals surface area contributed by atoms with Crippen LogP contribution in [0.2, 0.25) is 5.02 Å². The summed E-state index contributed by atoms with van der Waals surface area (Å²) in [6.45, 7) is 0.357. The van der Waals surface area contributed by atoms with E-state index in [1.807, 2.05) is 12.1 Å². The van der Waals surface area contributed by atoms with Crippen molar-refractivity contribution in [2.24, 2.45) is 0 Å². The highest BCUT2D eigenvalue weighted by Crippen LogP contribution is 2.24. The number of aromatic nitrogens is 1. The first kappa shape index (κ1) is 18.6. The molecule has 0 atom stereocenters. The Morgan fingerprint density at radius 2 is 2.07 bits per heavy atom. The van der Waals surface area contributed by atoms with Gasteiger partial charge in [0, 0.05) is 23.8 Å². The van der Waals surface area contributed by atoms with Crippen molar-refractivity contribution in [3.63, 3.8) is 0 Å². The molecule has 0 fully saturated rings. The Balaban J connectivity index is 1.58. The van der Waals surface area contributed by atoms with E-state index < -0.39 is 5.82 Å². The van der Waals surface area contributed by atoms with Crippen LogP contribution in [0.3, 0.4) is 0 Å². The Bertz CT molecular complexity index is 961. The van der Waals surface area contributed by atoms with E-state index in [2.05, 4.69) is 10.3 Å². The minimum Gasteiger partial charge on any atom is -0.453 e. The number of carbonyl (C=O) groups is 1. The lowest BCUT2D eigenvalue weighted by Gasteiger charge is -2.06. The SMILES string of the molecule is O=C(/C=C/c1ccc(Oc2cccnc2)c(F)c1)NCc1cccc(Cl)c1. The fourth-order valence-electron chi connectivity index (χ4n) is 2.30. The predicted octanol–water partition coefficient (Wildman–Crippen LogP) is 5.00. The van der Waals surface area contributed by atoms with Crippen molar-refractivity contribution in [1.29, 1.82) is 0 Å². The van der Waals surface area contributed by atoms with Crippen LogP contribution in [0, 0.1) is 5.82 Å². The number of nitrogens with zero attached hydrogens (tertiary/aromatic N) is 1. The summed E-state index contributed by atoms with van der Waals surface area (Å²) in [6, 6.07) is 15.1. The lowest BCUT2D eigenvalue weighted by Crippen LogP contribution is -2.20. The van der Waals surface area contributed by atoms with Crippen molar-refractivity contribution in [3.8, 4) is 11.5 Å². The van der Waals surface area contributed by atoms with Crippen molar-refractivity contribution in [1.82, 2.24) is 10.3 Å². The minimum atomic E-state index is -0.527. The summed E-state index contributed by atoms with van der Waals surface area (Å²) in [5.41, 5.74) is 1.44. The van der Waals surface area contributed by atoms with Gasteiger partial charge in [0.2, 0.25) is 5.91 Å². The maximum Gasteiger partial charge on any atom is 0.244 e. The van der Waals surface area contributed by atoms with Crippen LogP contribution < -0.4 is 10.1 Å². The summed E-state index contributed by atoms with van der Waals surface area (Å²) in [7, 11) is 0. The van der Waals surface area contributed by atoms with Gasteiger partial charge in [-0.25, -0.2) is 4.39 Å². The molecule has 1 aromatic heterocycles. The number of hydrogen-bond acceptors (Lipinski definition) is 3. The van der Waals surface area contributed by atoms with Gasteiger partial charge in [0.15, 0.2) is 11.6 Å². The molecule has 3 rings (SSSR count). The molecule has 0 radical (unpaired) electrons. The van der Waals surface area contributed by atoms with Gasteiger partial charge in [-0.1, -0.05) is 29.8 Å². The second-order valence-electron chi connectivity index (χ2n) is 5.66. The van der Waals surface area contributed by atoms with Crippen molar-refractivity contribution >= 4 is 23.6 Å². The number of benzene rings is 2. The predicted molar refractivity (Wildman–Crippen MR) is 103 cm³/mol. The summed E-state index contributed by atoms with van der Waals surface area (Å²) in [6.07, 6.45) is 5.98. The van der Waals surface area contributed by atoms with Crippen LogP contribution in [0.25, 0.3) is 6.08 Å². The van der Waals surface area contributed by atoms with Crippen LogP contribution in [-0.4, -0.2) is 10.9 Å². The van der Waals surface area contributed by atoms with Gasteiger partial charge in [-0.2, -0.15) is 0 Å². The zero-order valence-electron chi connectivity index (χ0n) is 14.2. The fraction of sp³-hybridized carbons (Fsp3) is 0.0476. The first-order valence-corrected chi connectivity index (χ1v) is 8.56. The quantitative estimate of drug-likeness (QED) is 0.610. The third kappa shape index (κ3) is 5.66. The van der Waals surface area contributed by atoms with Crippen LogP contribution >= 0.6 is 11.6 Å². The standard InChI is InChI=1S/C21H16ClFN2O2/c22-17-4-1-3-16(11-17)13-25-21(26)9-7-15-6-8-20(19(23)12-15)27-18-5-2-10-24-14-18/h1-12,14H,13H2,(H,25,26)/b9-7+. The van der Waals surface area contributed by atoms with Gasteiger partial charge in [-0.05, 0) is 53.6 Å². The molecular weight excluding hydrogens is 367 g/mol. The summed E-state index contributed by atoms with van der Waals surface area (Å²) >= 11 is 5.90. The van der Waals surface area contributed by atoms with Gasteiger partial charge in [0.1, 0.15) is 5.75 Å². The molecule has 4 nitrogen and oxygen atoms in total. The first-order valence-electron chi connectivity index (χ1n) is 8.18. The van der Waals surface area contributed by atoms with Crippen LogP contribution in [0.1, 0.15) is 11.1 Å². The van der Waals surface area contributed by atoms with Crippen LogP contribution in [0.5, 0.6) is 11.5 Å². The molecule has 1 N–H and O–H groups in total. The number of hydrogen-bond donors (Lipinski definition) is 1. The highest BCUT2D eigenvalue weighted by molar-refractivity contribution is 6.30. The molecule has 0 bridgehead atoms. The van der Waals surface area contributed by atoms with Crippen molar-refractivity contribution < 1.29 is 13.9 Å². The molecule has 0 saturated heterocycles. The van der Waals surface area contributed by atoms with Gasteiger partial charge in [-0.15, -0.1) is 0 Å². The lowest BCUT2D eigenvalue weighted by molar-refractivity contribution is -0.116. The normalized spacial score (nSPS) is 10.7. The molecule has 6 heteroatoms. The van der Waals surface area contributed by atoms with E-state index in [1.165, 1.54) is 30.5 Å². The number of pyridine rings is 1. The molecule has 0 aliphatic rings. The molecule has 136 valence electrons. The smallest absolute Gasteiger partial charge is 0.244 e. The molecule has 0 aliphatic heterocycles. The minimum absolute atomic E-state index is 0.0885. The van der Waals surface area contributed by atoms with Gasteiger partial charge < -0.3 is 10.1 Å². The molecule has 1 heterocycles. The Hall–Kier alpha value is -3.18. The van der Waals surface area contributed by atoms with Crippen molar-refractivity contribution in [3.05, 3.63) is 95.0 Å². The van der Waals surface area contributed by atoms with E-state index in [0.29, 0.717) is 22.9 Å². The van der Waals surface area contributed by atoms with Gasteiger partial charge >= 0.3 is 0 Å². The lowest BCUT2D eigenvalue weighted by atomic mass is 10.2. The zero-order chi connectivity index (χ0) is 19.1. The van der Waals surface area contributed by atoms with Crippen molar-refractivity contribution in [2.45, 2.75) is 6.54 Å². The number of halogens is 2. The van der Waals surface area contributed by atoms with E-state index in [9.17, 15) is 9.18 Å². The third-order valence-electron chi connectivity index (χ3n) is 3.60. The highest BCUT2D eigenvalue weighted by atomic mass is 35.5. The molecular formula is C21H16ClFN2O2. The van der Waals surface area contributed by atoms with Crippen LogP contribution in [0.4, 0.5) is 4.39 Å². The molecule has 27 heavy (non-hydrogen) atoms. The number of nitrogens with one attached hydrogen (secondary N) is 1. The van der Waals surface area contributed by atoms with Gasteiger partial charge in [0.25, 0.3) is 0 Å². The van der Waals surface area contributed by atoms with Crippen LogP contribution in [0.15, 0.2) is 73.1 Å². The Morgan fingerprint density at radius 1 is 1.19 bits per heavy atom. The van der Waals surface area contributed by atoms with E-state index in [1.54, 1.807) is 36.5 Å². The van der Waals surface area contributed by atoms with Gasteiger partial charge in [-0.3, -0.25) is 9.78 Å². The maximum atomic E-state index is 14.2. The Kier molecular flexibility index (Phi) is 6.18. The van der Waals surface area contributed by atoms with E-state index >= 15 is 0 Å². The second-order valence-corrected chi connectivity index (χ2v) is 6.10. The molecule has 0 unspecified atom stereocenters. The number of amides is 1. The average Bonchev–Trinajstić information content (AvgIpc) is 2.67. The molecule has 1 amide bonds. The van der Waals surface area contributed by atoms with Gasteiger partial charge in [0.05, 0.1) is 6.20 Å². The Labute approximate surface area is 161 Å². The molecule has 0 spiro atoms. The van der Waals surface area contributed by atoms with Crippen molar-refractivity contribution in [2.75, 3.05) is 0 Å². The topological polar surface area (TPSA) is 51.2 Å². The maximum absolute atomic E-state index is 14.2. The van der Waals surface area contributed by atoms with E-state index in [0.717, 1.165) is 5.56 Å². The molecule has 0 saturated carbocycles. The third-order valence-corrected chi connectivity index (χ3v) is 3.84. The average molecular weight is 383 g/mol. The summed E-state index contributed by atoms with van der Waals surface area (Å²) < 4.78 is 19.6. The first-order chi connectivity index (χ1) is 13.1. The highest BCUT2D eigenvalue weighted by Gasteiger charge is 2.06. The largest absolute Gasteiger partial charge is 0.453 e. The second kappa shape index (κ2) is 8.96. The van der Waals surface area contributed by atoms with E-state index in [4.69, 9.17) is 16.3 Å². The fourth-order valence-corrected chi connectivity index (χ4v) is 2.52. The summed E-state index contributed by atoms with van der Waals surface area (Å²) in [5.74, 6) is -0.281. The summed E-state index contributed by atoms with van der Waals surface area (Å²) in [4.78, 5) is 15.8. The van der Waals surface area contributed by atoms with E-state index in [-0.39, 0.29) is 11.7 Å². The molecule has 3 aromatic rings. The summed E-state index contributed by atoms with van der Waals surface area (Å²) in [5, 5.41) is 3.36. The number of rotatable bonds is 6. The van der Waals surface area contributed by atoms with Crippen LogP contribution in [-0.2, 0) is 11.3 Å².